The second-order valence-corrected chi connectivity index (χ2v) is 4.07. The number of carboxylic acids is 1. The van der Waals surface area contributed by atoms with E-state index in [1.54, 1.807) is 0 Å². The Morgan fingerprint density at radius 2 is 1.85 bits per heavy atom. The molecule has 0 radical (unpaired) electrons. The van der Waals surface area contributed by atoms with Crippen LogP contribution >= 0.6 is 0 Å². The van der Waals surface area contributed by atoms with Crippen molar-refractivity contribution in [3.63, 3.8) is 0 Å². The van der Waals surface area contributed by atoms with Crippen LogP contribution < -0.4 is 10.6 Å². The van der Waals surface area contributed by atoms with Crippen LogP contribution in [0.25, 0.3) is 0 Å². The van der Waals surface area contributed by atoms with E-state index in [0.717, 1.165) is 6.42 Å². The Morgan fingerprint density at radius 3 is 2.50 bits per heavy atom. The highest BCUT2D eigenvalue weighted by atomic mass is 16.4. The number of pyridine rings is 1. The Balaban J connectivity index is 2.45. The van der Waals surface area contributed by atoms with E-state index < -0.39 is 11.9 Å². The smallest absolute Gasteiger partial charge is 0.354 e. The first-order valence-electron chi connectivity index (χ1n) is 6.29. The van der Waals surface area contributed by atoms with Gasteiger partial charge in [-0.25, -0.2) is 9.78 Å². The third kappa shape index (κ3) is 5.05. The quantitative estimate of drug-likeness (QED) is 0.670. The molecule has 2 amide bonds. The van der Waals surface area contributed by atoms with Crippen LogP contribution in [0.3, 0.4) is 0 Å². The number of carbonyl (C=O) groups excluding carboxylic acids is 2. The van der Waals surface area contributed by atoms with Gasteiger partial charge < -0.3 is 15.7 Å². The van der Waals surface area contributed by atoms with Gasteiger partial charge in [0.05, 0.1) is 0 Å². The normalized spacial score (nSPS) is 9.85. The summed E-state index contributed by atoms with van der Waals surface area (Å²) in [5.74, 6) is -1.84. The number of hydrogen-bond donors (Lipinski definition) is 3. The number of amides is 2. The molecule has 0 saturated heterocycles. The lowest BCUT2D eigenvalue weighted by Gasteiger charge is -2.06. The lowest BCUT2D eigenvalue weighted by Crippen LogP contribution is -2.31. The van der Waals surface area contributed by atoms with Gasteiger partial charge in [0.15, 0.2) is 0 Å². The van der Waals surface area contributed by atoms with E-state index in [1.807, 2.05) is 6.92 Å². The molecule has 0 aromatic carbocycles. The summed E-state index contributed by atoms with van der Waals surface area (Å²) >= 11 is 0. The Bertz CT molecular complexity index is 502. The lowest BCUT2D eigenvalue weighted by atomic mass is 10.3. The van der Waals surface area contributed by atoms with Crippen molar-refractivity contribution in [1.82, 2.24) is 15.6 Å². The van der Waals surface area contributed by atoms with E-state index in [-0.39, 0.29) is 30.3 Å². The molecule has 0 atom stereocenters. The number of carboxylic acid groups (broad SMARTS) is 1. The van der Waals surface area contributed by atoms with Gasteiger partial charge in [-0.1, -0.05) is 13.0 Å². The molecule has 1 heterocycles. The molecular weight excluding hydrogens is 262 g/mol. The summed E-state index contributed by atoms with van der Waals surface area (Å²) < 4.78 is 0. The van der Waals surface area contributed by atoms with Crippen LogP contribution in [0.4, 0.5) is 0 Å². The zero-order valence-electron chi connectivity index (χ0n) is 11.2. The molecule has 7 nitrogen and oxygen atoms in total. The van der Waals surface area contributed by atoms with Crippen molar-refractivity contribution in [2.75, 3.05) is 13.1 Å². The fraction of sp³-hybridized carbons (Fsp3) is 0.385. The van der Waals surface area contributed by atoms with Crippen LogP contribution in [0.2, 0.25) is 0 Å². The van der Waals surface area contributed by atoms with Gasteiger partial charge in [0.2, 0.25) is 5.91 Å². The highest BCUT2D eigenvalue weighted by Gasteiger charge is 2.11. The molecule has 1 aromatic rings. The Kier molecular flexibility index (Phi) is 6.15. The van der Waals surface area contributed by atoms with E-state index in [4.69, 9.17) is 5.11 Å². The molecule has 108 valence electrons. The topological polar surface area (TPSA) is 108 Å². The predicted octanol–water partition coefficient (Wildman–Crippen LogP) is 0.426. The standard InChI is InChI=1S/C13H17N3O4/c1-2-7-14-11(17)6-8-15-12(18)9-4-3-5-10(16-9)13(19)20/h3-5H,2,6-8H2,1H3,(H,14,17)(H,15,18)(H,19,20). The van der Waals surface area contributed by atoms with E-state index in [1.165, 1.54) is 18.2 Å². The maximum atomic E-state index is 11.7. The lowest BCUT2D eigenvalue weighted by molar-refractivity contribution is -0.120. The van der Waals surface area contributed by atoms with E-state index in [9.17, 15) is 14.4 Å². The number of aromatic nitrogens is 1. The Hall–Kier alpha value is -2.44. The Labute approximate surface area is 116 Å². The predicted molar refractivity (Wildman–Crippen MR) is 71.4 cm³/mol. The summed E-state index contributed by atoms with van der Waals surface area (Å²) in [7, 11) is 0. The minimum Gasteiger partial charge on any atom is -0.477 e. The monoisotopic (exact) mass is 279 g/mol. The average Bonchev–Trinajstić information content (AvgIpc) is 2.45. The summed E-state index contributed by atoms with van der Waals surface area (Å²) in [4.78, 5) is 37.5. The zero-order chi connectivity index (χ0) is 15.0. The van der Waals surface area contributed by atoms with Crippen molar-refractivity contribution in [3.8, 4) is 0 Å². The third-order valence-electron chi connectivity index (χ3n) is 2.41. The minimum atomic E-state index is -1.20. The van der Waals surface area contributed by atoms with Gasteiger partial charge in [-0.05, 0) is 18.6 Å². The van der Waals surface area contributed by atoms with Crippen LogP contribution in [0.15, 0.2) is 18.2 Å². The molecule has 0 aliphatic rings. The molecule has 1 rings (SSSR count). The van der Waals surface area contributed by atoms with Crippen molar-refractivity contribution < 1.29 is 19.5 Å². The second-order valence-electron chi connectivity index (χ2n) is 4.07. The molecule has 20 heavy (non-hydrogen) atoms. The van der Waals surface area contributed by atoms with Gasteiger partial charge in [-0.3, -0.25) is 9.59 Å². The molecule has 0 bridgehead atoms. The molecule has 1 aromatic heterocycles. The number of carbonyl (C=O) groups is 3. The van der Waals surface area contributed by atoms with Crippen molar-refractivity contribution >= 4 is 17.8 Å². The first-order valence-corrected chi connectivity index (χ1v) is 6.29. The van der Waals surface area contributed by atoms with Gasteiger partial charge in [0.1, 0.15) is 11.4 Å². The average molecular weight is 279 g/mol. The van der Waals surface area contributed by atoms with Crippen LogP contribution in [0.5, 0.6) is 0 Å². The van der Waals surface area contributed by atoms with Gasteiger partial charge in [0.25, 0.3) is 5.91 Å². The summed E-state index contributed by atoms with van der Waals surface area (Å²) in [6, 6.07) is 4.16. The summed E-state index contributed by atoms with van der Waals surface area (Å²) in [5, 5.41) is 14.0. The highest BCUT2D eigenvalue weighted by Crippen LogP contribution is 1.99. The number of rotatable bonds is 7. The number of hydrogen-bond acceptors (Lipinski definition) is 4. The first kappa shape index (κ1) is 15.6. The third-order valence-corrected chi connectivity index (χ3v) is 2.41. The van der Waals surface area contributed by atoms with E-state index >= 15 is 0 Å². The minimum absolute atomic E-state index is 0.0128. The molecule has 0 saturated carbocycles. The first-order chi connectivity index (χ1) is 9.54. The van der Waals surface area contributed by atoms with Crippen LogP contribution in [0.1, 0.15) is 40.7 Å². The van der Waals surface area contributed by atoms with Gasteiger partial charge in [0, 0.05) is 19.5 Å². The highest BCUT2D eigenvalue weighted by molar-refractivity contribution is 5.94. The Morgan fingerprint density at radius 1 is 1.15 bits per heavy atom. The van der Waals surface area contributed by atoms with E-state index in [0.29, 0.717) is 6.54 Å². The van der Waals surface area contributed by atoms with Crippen LogP contribution in [-0.2, 0) is 4.79 Å². The molecule has 0 aliphatic heterocycles. The molecule has 0 fully saturated rings. The van der Waals surface area contributed by atoms with Crippen molar-refractivity contribution in [1.29, 1.82) is 0 Å². The number of nitrogens with zero attached hydrogens (tertiary/aromatic N) is 1. The molecule has 7 heteroatoms. The van der Waals surface area contributed by atoms with Gasteiger partial charge >= 0.3 is 5.97 Å². The van der Waals surface area contributed by atoms with Crippen molar-refractivity contribution in [3.05, 3.63) is 29.6 Å². The number of nitrogens with one attached hydrogen (secondary N) is 2. The van der Waals surface area contributed by atoms with Crippen LogP contribution in [-0.4, -0.2) is 41.0 Å². The maximum Gasteiger partial charge on any atom is 0.354 e. The van der Waals surface area contributed by atoms with Gasteiger partial charge in [-0.15, -0.1) is 0 Å². The molecule has 0 unspecified atom stereocenters. The maximum absolute atomic E-state index is 11.7. The molecule has 0 aliphatic carbocycles. The fourth-order valence-electron chi connectivity index (χ4n) is 1.41. The fourth-order valence-corrected chi connectivity index (χ4v) is 1.41. The largest absolute Gasteiger partial charge is 0.477 e. The van der Waals surface area contributed by atoms with E-state index in [2.05, 4.69) is 15.6 Å². The molecular formula is C13H17N3O4. The van der Waals surface area contributed by atoms with Crippen LogP contribution in [0, 0.1) is 0 Å². The zero-order valence-corrected chi connectivity index (χ0v) is 11.2. The molecule has 3 N–H and O–H groups in total. The summed E-state index contributed by atoms with van der Waals surface area (Å²) in [5.41, 5.74) is -0.183. The SMILES string of the molecule is CCCNC(=O)CCNC(=O)c1cccc(C(=O)O)n1. The second kappa shape index (κ2) is 7.88. The summed E-state index contributed by atoms with van der Waals surface area (Å²) in [6.45, 7) is 2.73. The summed E-state index contributed by atoms with van der Waals surface area (Å²) in [6.07, 6.45) is 1.02. The number of aromatic carboxylic acids is 1. The van der Waals surface area contributed by atoms with Gasteiger partial charge in [-0.2, -0.15) is 0 Å². The van der Waals surface area contributed by atoms with Crippen molar-refractivity contribution in [2.45, 2.75) is 19.8 Å². The molecule has 0 spiro atoms. The van der Waals surface area contributed by atoms with Crippen molar-refractivity contribution in [2.24, 2.45) is 0 Å².